The Morgan fingerprint density at radius 2 is 2.04 bits per heavy atom. The Labute approximate surface area is 145 Å². The van der Waals surface area contributed by atoms with Gasteiger partial charge in [-0.2, -0.15) is 10.2 Å². The summed E-state index contributed by atoms with van der Waals surface area (Å²) in [5.41, 5.74) is 4.63. The van der Waals surface area contributed by atoms with Crippen molar-refractivity contribution in [2.24, 2.45) is 17.3 Å². The van der Waals surface area contributed by atoms with Crippen LogP contribution >= 0.6 is 0 Å². The molecule has 0 bridgehead atoms. The molecule has 2 aromatic heterocycles. The molecule has 3 heterocycles. The lowest BCUT2D eigenvalue weighted by atomic mass is 10.1. The molecule has 1 aliphatic heterocycles. The Morgan fingerprint density at radius 3 is 2.75 bits per heavy atom. The average molecular weight is 339 g/mol. The van der Waals surface area contributed by atoms with Gasteiger partial charge in [0.05, 0.1) is 33.1 Å². The van der Waals surface area contributed by atoms with Gasteiger partial charge >= 0.3 is 0 Å². The van der Waals surface area contributed by atoms with Gasteiger partial charge in [-0.1, -0.05) is 25.6 Å². The molecule has 0 saturated carbocycles. The summed E-state index contributed by atoms with van der Waals surface area (Å²) in [6.45, 7) is 7.84. The van der Waals surface area contributed by atoms with Gasteiger partial charge < -0.3 is 4.57 Å². The first-order valence-corrected chi connectivity index (χ1v) is 10.5. The third-order valence-corrected chi connectivity index (χ3v) is 7.66. The fraction of sp³-hybridized carbons (Fsp3) is 0.444. The van der Waals surface area contributed by atoms with Crippen molar-refractivity contribution < 1.29 is 0 Å². The predicted molar refractivity (Wildman–Crippen MR) is 99.0 cm³/mol. The van der Waals surface area contributed by atoms with Crippen LogP contribution in [-0.2, 0) is 7.05 Å². The highest BCUT2D eigenvalue weighted by molar-refractivity contribution is 6.67. The average Bonchev–Trinajstić information content (AvgIpc) is 2.87. The molecule has 0 aliphatic carbocycles. The summed E-state index contributed by atoms with van der Waals surface area (Å²) in [6.07, 6.45) is 7.83. The van der Waals surface area contributed by atoms with Crippen molar-refractivity contribution in [2.75, 3.05) is 6.54 Å². The third-order valence-electron chi connectivity index (χ3n) is 4.48. The van der Waals surface area contributed by atoms with Crippen molar-refractivity contribution in [3.8, 4) is 11.4 Å². The number of rotatable bonds is 4. The minimum atomic E-state index is -0.612. The number of pyridine rings is 1. The summed E-state index contributed by atoms with van der Waals surface area (Å²) in [6, 6.07) is 4.14. The molecule has 2 aromatic rings. The molecule has 24 heavy (non-hydrogen) atoms. The summed E-state index contributed by atoms with van der Waals surface area (Å²) in [4.78, 5) is 8.89. The number of hydrogen-bond donors (Lipinski definition) is 0. The number of aryl methyl sites for hydroxylation is 1. The molecule has 0 atom stereocenters. The Bertz CT molecular complexity index is 775. The second kappa shape index (κ2) is 7.21. The molecule has 0 aromatic carbocycles. The van der Waals surface area contributed by atoms with Crippen LogP contribution in [0.15, 0.2) is 46.3 Å². The van der Waals surface area contributed by atoms with E-state index in [0.29, 0.717) is 5.54 Å². The highest BCUT2D eigenvalue weighted by Crippen LogP contribution is 2.32. The Hall–Kier alpha value is -2.08. The van der Waals surface area contributed by atoms with E-state index in [1.165, 1.54) is 5.20 Å². The van der Waals surface area contributed by atoms with Gasteiger partial charge in [-0.15, -0.1) is 0 Å². The van der Waals surface area contributed by atoms with E-state index in [-0.39, 0.29) is 0 Å². The Balaban J connectivity index is 2.07. The van der Waals surface area contributed by atoms with E-state index in [2.05, 4.69) is 46.7 Å². The maximum absolute atomic E-state index is 4.60. The molecule has 6 heteroatoms. The van der Waals surface area contributed by atoms with Crippen molar-refractivity contribution in [3.63, 3.8) is 0 Å². The van der Waals surface area contributed by atoms with Crippen LogP contribution in [0.4, 0.5) is 0 Å². The van der Waals surface area contributed by atoms with Crippen LogP contribution in [0, 0.1) is 0 Å². The molecule has 0 amide bonds. The van der Waals surface area contributed by atoms with E-state index in [4.69, 9.17) is 0 Å². The second-order valence-electron chi connectivity index (χ2n) is 6.59. The van der Waals surface area contributed by atoms with Crippen LogP contribution in [0.1, 0.15) is 32.3 Å². The van der Waals surface area contributed by atoms with E-state index in [1.807, 2.05) is 30.1 Å². The summed E-state index contributed by atoms with van der Waals surface area (Å²) in [5, 5.41) is 10.5. The summed E-state index contributed by atoms with van der Waals surface area (Å²) >= 11 is 0. The van der Waals surface area contributed by atoms with Gasteiger partial charge in [0.25, 0.3) is 0 Å². The number of nitrogens with zero attached hydrogens (tertiary/aromatic N) is 5. The van der Waals surface area contributed by atoms with E-state index in [0.717, 1.165) is 42.0 Å². The maximum Gasteiger partial charge on any atom is 0.107 e. The van der Waals surface area contributed by atoms with Crippen molar-refractivity contribution in [1.82, 2.24) is 14.5 Å². The highest BCUT2D eigenvalue weighted by atomic mass is 28.3. The molecule has 5 nitrogen and oxygen atoms in total. The summed E-state index contributed by atoms with van der Waals surface area (Å²) in [5.74, 6) is 0. The zero-order valence-electron chi connectivity index (χ0n) is 14.8. The zero-order chi connectivity index (χ0) is 17.1. The lowest BCUT2D eigenvalue weighted by Crippen LogP contribution is -2.17. The minimum Gasteiger partial charge on any atom is -0.340 e. The normalized spacial score (nSPS) is 15.4. The molecule has 0 saturated heterocycles. The number of azo groups is 1. The lowest BCUT2D eigenvalue weighted by molar-refractivity contribution is 0.829. The van der Waals surface area contributed by atoms with Gasteiger partial charge in [-0.25, -0.2) is 4.98 Å². The number of imidazole rings is 1. The van der Waals surface area contributed by atoms with E-state index >= 15 is 0 Å². The molecular weight excluding hydrogens is 314 g/mol. The smallest absolute Gasteiger partial charge is 0.107 e. The molecule has 3 rings (SSSR count). The van der Waals surface area contributed by atoms with Gasteiger partial charge in [0, 0.05) is 25.0 Å². The van der Waals surface area contributed by atoms with Crippen LogP contribution in [0.2, 0.25) is 12.1 Å². The van der Waals surface area contributed by atoms with Gasteiger partial charge in [-0.05, 0) is 30.5 Å². The molecule has 1 aliphatic rings. The highest BCUT2D eigenvalue weighted by Gasteiger charge is 2.22. The number of aromatic nitrogens is 3. The second-order valence-corrected chi connectivity index (χ2v) is 9.71. The lowest BCUT2D eigenvalue weighted by Gasteiger charge is -2.19. The van der Waals surface area contributed by atoms with Gasteiger partial charge in [0.1, 0.15) is 5.69 Å². The fourth-order valence-electron chi connectivity index (χ4n) is 2.85. The number of allylic oxidation sites excluding steroid dienone is 1. The van der Waals surface area contributed by atoms with Crippen molar-refractivity contribution in [1.29, 1.82) is 0 Å². The number of hydrogen-bond acceptors (Lipinski definition) is 4. The predicted octanol–water partition coefficient (Wildman–Crippen LogP) is 4.51. The first-order valence-electron chi connectivity index (χ1n) is 8.45. The van der Waals surface area contributed by atoms with E-state index in [1.54, 1.807) is 6.33 Å². The molecule has 0 N–H and O–H groups in total. The van der Waals surface area contributed by atoms with Gasteiger partial charge in [-0.3, -0.25) is 4.98 Å². The molecule has 0 unspecified atom stereocenters. The minimum absolute atomic E-state index is 0.612. The first-order chi connectivity index (χ1) is 11.6. The molecule has 0 spiro atoms. The zero-order valence-corrected chi connectivity index (χ0v) is 15.8. The molecule has 0 fully saturated rings. The maximum atomic E-state index is 4.60. The Morgan fingerprint density at radius 1 is 1.21 bits per heavy atom. The van der Waals surface area contributed by atoms with Crippen LogP contribution in [0.3, 0.4) is 0 Å². The third kappa shape index (κ3) is 3.53. The van der Waals surface area contributed by atoms with Crippen molar-refractivity contribution in [2.45, 2.75) is 38.8 Å². The van der Waals surface area contributed by atoms with Crippen LogP contribution in [0.5, 0.6) is 0 Å². The fourth-order valence-corrected chi connectivity index (χ4v) is 4.69. The van der Waals surface area contributed by atoms with Crippen LogP contribution < -0.4 is 0 Å². The van der Waals surface area contributed by atoms with Crippen LogP contribution in [0.25, 0.3) is 17.1 Å². The van der Waals surface area contributed by atoms with Crippen LogP contribution in [-0.4, -0.2) is 29.9 Å². The summed E-state index contributed by atoms with van der Waals surface area (Å²) < 4.78 is 1.94. The first kappa shape index (κ1) is 16.8. The van der Waals surface area contributed by atoms with Gasteiger partial charge in [0.15, 0.2) is 0 Å². The van der Waals surface area contributed by atoms with Crippen molar-refractivity contribution in [3.05, 3.63) is 41.6 Å². The Kier molecular flexibility index (Phi) is 5.04. The van der Waals surface area contributed by atoms with E-state index in [9.17, 15) is 0 Å². The monoisotopic (exact) mass is 338 g/mol. The molecule has 1 radical (unpaired) electrons. The molecule has 125 valence electrons. The molecular formula is C18H24N5Si. The standard InChI is InChI=1S/C18H24N5Si/c1-13(2)24(4)17-6-5-8-21-22-18(17)14-7-9-19-15(10-14)16-11-23(3)12-20-16/h7,9-13H,5-6,8H2,1-4H3. The summed E-state index contributed by atoms with van der Waals surface area (Å²) in [7, 11) is 1.35. The van der Waals surface area contributed by atoms with Gasteiger partial charge in [0.2, 0.25) is 0 Å². The SMILES string of the molecule is CC(C)[Si](C)C1=C(c2ccnc(-c3cn(C)cn3)c2)N=NCCC1. The quantitative estimate of drug-likeness (QED) is 0.770. The van der Waals surface area contributed by atoms with E-state index < -0.39 is 8.80 Å². The topological polar surface area (TPSA) is 55.4 Å². The van der Waals surface area contributed by atoms with Crippen molar-refractivity contribution >= 4 is 14.5 Å². The largest absolute Gasteiger partial charge is 0.340 e.